The number of likely N-dealkylation sites (tertiary alicyclic amines) is 1. The van der Waals surface area contributed by atoms with Gasteiger partial charge in [-0.1, -0.05) is 18.4 Å². The van der Waals surface area contributed by atoms with Crippen LogP contribution in [0, 0.1) is 35.3 Å². The lowest BCUT2D eigenvalue weighted by Gasteiger charge is -2.48. The van der Waals surface area contributed by atoms with Gasteiger partial charge < -0.3 is 24.6 Å². The number of aromatic nitrogens is 3. The van der Waals surface area contributed by atoms with Crippen LogP contribution in [-0.2, 0) is 4.74 Å². The Morgan fingerprint density at radius 3 is 2.67 bits per heavy atom. The molecule has 51 heavy (non-hydrogen) atoms. The highest BCUT2D eigenvalue weighted by Gasteiger charge is 2.49. The third kappa shape index (κ3) is 6.15. The van der Waals surface area contributed by atoms with Crippen molar-refractivity contribution in [3.8, 4) is 35.4 Å². The maximum Gasteiger partial charge on any atom is 0.319 e. The molecule has 11 heteroatoms. The second kappa shape index (κ2) is 13.1. The minimum atomic E-state index is -0.954. The van der Waals surface area contributed by atoms with Gasteiger partial charge in [-0.05, 0) is 94.3 Å². The van der Waals surface area contributed by atoms with E-state index in [1.54, 1.807) is 14.0 Å². The number of methoxy groups -OCH3 is 1. The quantitative estimate of drug-likeness (QED) is 0.197. The number of phenols is 1. The molecule has 0 bridgehead atoms. The monoisotopic (exact) mass is 697 g/mol. The molecule has 0 unspecified atom stereocenters. The summed E-state index contributed by atoms with van der Waals surface area (Å²) in [6, 6.07) is 5.99. The lowest BCUT2D eigenvalue weighted by atomic mass is 9.74. The summed E-state index contributed by atoms with van der Waals surface area (Å²) in [6.45, 7) is 5.29. The first-order valence-electron chi connectivity index (χ1n) is 18.2. The van der Waals surface area contributed by atoms with Crippen molar-refractivity contribution in [2.75, 3.05) is 44.8 Å². The number of piperidine rings is 2. The highest BCUT2D eigenvalue weighted by Crippen LogP contribution is 2.49. The number of β-amino-alcohol motifs (C(OH)–C–C–N with tert-alkyl or cyclic N) is 1. The van der Waals surface area contributed by atoms with Crippen molar-refractivity contribution in [3.63, 3.8) is 0 Å². The zero-order valence-electron chi connectivity index (χ0n) is 29.3. The fourth-order valence-electron chi connectivity index (χ4n) is 9.46. The van der Waals surface area contributed by atoms with Crippen molar-refractivity contribution in [1.82, 2.24) is 19.9 Å². The molecule has 0 radical (unpaired) electrons. The van der Waals surface area contributed by atoms with Gasteiger partial charge in [0, 0.05) is 55.3 Å². The van der Waals surface area contributed by atoms with Gasteiger partial charge in [0.05, 0.1) is 29.3 Å². The molecule has 2 saturated carbocycles. The number of fused-ring (bicyclic) bond motifs is 3. The van der Waals surface area contributed by atoms with E-state index in [4.69, 9.17) is 20.9 Å². The second-order valence-electron chi connectivity index (χ2n) is 15.5. The molecule has 4 heterocycles. The van der Waals surface area contributed by atoms with Gasteiger partial charge in [-0.3, -0.25) is 9.88 Å². The third-order valence-corrected chi connectivity index (χ3v) is 12.0. The molecular formula is C40H45F2N5O4. The Morgan fingerprint density at radius 2 is 1.88 bits per heavy atom. The first-order chi connectivity index (χ1) is 24.6. The van der Waals surface area contributed by atoms with E-state index in [1.165, 1.54) is 30.5 Å². The van der Waals surface area contributed by atoms with Gasteiger partial charge in [0.2, 0.25) is 0 Å². The topological polar surface area (TPSA) is 104 Å². The van der Waals surface area contributed by atoms with E-state index >= 15 is 4.39 Å². The van der Waals surface area contributed by atoms with Crippen LogP contribution in [0.3, 0.4) is 0 Å². The molecule has 4 fully saturated rings. The Bertz CT molecular complexity index is 2030. The fourth-order valence-corrected chi connectivity index (χ4v) is 9.46. The molecule has 0 spiro atoms. The van der Waals surface area contributed by atoms with Crippen molar-refractivity contribution in [2.24, 2.45) is 11.3 Å². The number of rotatable bonds is 8. The van der Waals surface area contributed by atoms with Gasteiger partial charge in [0.25, 0.3) is 0 Å². The molecule has 2 aromatic carbocycles. The molecule has 3 atom stereocenters. The lowest BCUT2D eigenvalue weighted by Crippen LogP contribution is -2.54. The molecule has 2 N–H and O–H groups in total. The number of aromatic hydroxyl groups is 1. The zero-order valence-corrected chi connectivity index (χ0v) is 29.3. The number of phenolic OH excluding ortho intramolecular Hbond substituents is 1. The van der Waals surface area contributed by atoms with E-state index in [0.29, 0.717) is 60.8 Å². The molecule has 268 valence electrons. The van der Waals surface area contributed by atoms with Crippen LogP contribution in [0.5, 0.6) is 11.8 Å². The number of hydrogen-bond acceptors (Lipinski definition) is 9. The predicted molar refractivity (Wildman–Crippen MR) is 192 cm³/mol. The molecule has 8 rings (SSSR count). The van der Waals surface area contributed by atoms with Crippen molar-refractivity contribution >= 4 is 27.5 Å². The van der Waals surface area contributed by atoms with Crippen LogP contribution in [-0.4, -0.2) is 87.7 Å². The van der Waals surface area contributed by atoms with E-state index in [9.17, 15) is 14.6 Å². The molecule has 9 nitrogen and oxygen atoms in total. The van der Waals surface area contributed by atoms with Crippen molar-refractivity contribution in [1.29, 1.82) is 0 Å². The standard InChI is InChI=1S/C40H45F2N5O4/c1-4-28-31(41)10-9-25-18-26(48)19-29(33(25)28)35-34(42)36-30(20-43-35)37(47-15-6-11-39(2,49)22-47)45-38(44-36)51-23-40-12-5-8-32(40)46(14-7-13-40)21-24-16-27(17-24)50-3/h1,9-10,18-20,24,27,32,48-49H,5-8,11-17,21-23H2,2-3H3/t24?,27?,32-,39-,40-/m1/s1. The molecule has 2 saturated heterocycles. The normalized spacial score (nSPS) is 28.1. The van der Waals surface area contributed by atoms with Gasteiger partial charge in [-0.15, -0.1) is 6.42 Å². The summed E-state index contributed by atoms with van der Waals surface area (Å²) in [5, 5.41) is 22.7. The summed E-state index contributed by atoms with van der Waals surface area (Å²) in [7, 11) is 1.79. The predicted octanol–water partition coefficient (Wildman–Crippen LogP) is 6.60. The van der Waals surface area contributed by atoms with Gasteiger partial charge in [-0.25, -0.2) is 8.78 Å². The highest BCUT2D eigenvalue weighted by atomic mass is 19.1. The SMILES string of the molecule is C#Cc1c(F)ccc2cc(O)cc(-c3ncc4c(N5CCC[C@@](C)(O)C5)nc(OC[C@]56CCC[C@H]5N(CC5CC(OC)C5)CCC6)nc4c3F)c12. The number of aliphatic hydroxyl groups is 1. The molecular weight excluding hydrogens is 652 g/mol. The second-order valence-corrected chi connectivity index (χ2v) is 15.5. The van der Waals surface area contributed by atoms with Crippen molar-refractivity contribution in [3.05, 3.63) is 47.7 Å². The first-order valence-corrected chi connectivity index (χ1v) is 18.2. The Labute approximate surface area is 297 Å². The number of hydrogen-bond donors (Lipinski definition) is 2. The summed E-state index contributed by atoms with van der Waals surface area (Å²) in [5.41, 5.74) is -1.04. The molecule has 2 aliphatic heterocycles. The largest absolute Gasteiger partial charge is 0.508 e. The number of benzene rings is 2. The number of pyridine rings is 1. The minimum absolute atomic E-state index is 0.0104. The smallest absolute Gasteiger partial charge is 0.319 e. The van der Waals surface area contributed by atoms with Crippen molar-refractivity contribution < 1.29 is 28.5 Å². The van der Waals surface area contributed by atoms with Crippen LogP contribution in [0.25, 0.3) is 32.9 Å². The summed E-state index contributed by atoms with van der Waals surface area (Å²) in [6.07, 6.45) is 16.6. The summed E-state index contributed by atoms with van der Waals surface area (Å²) in [5.74, 6) is 1.95. The molecule has 2 aromatic heterocycles. The summed E-state index contributed by atoms with van der Waals surface area (Å²) < 4.78 is 44.0. The Kier molecular flexibility index (Phi) is 8.76. The van der Waals surface area contributed by atoms with Gasteiger partial charge in [0.15, 0.2) is 5.82 Å². The van der Waals surface area contributed by atoms with E-state index in [2.05, 4.69) is 20.8 Å². The third-order valence-electron chi connectivity index (χ3n) is 12.0. The zero-order chi connectivity index (χ0) is 35.5. The molecule has 4 aliphatic rings. The van der Waals surface area contributed by atoms with E-state index in [-0.39, 0.29) is 44.9 Å². The highest BCUT2D eigenvalue weighted by molar-refractivity contribution is 6.03. The van der Waals surface area contributed by atoms with Gasteiger partial charge in [0.1, 0.15) is 28.6 Å². The van der Waals surface area contributed by atoms with Crippen molar-refractivity contribution in [2.45, 2.75) is 82.5 Å². The van der Waals surface area contributed by atoms with Crippen LogP contribution in [0.1, 0.15) is 70.3 Å². The van der Waals surface area contributed by atoms with Gasteiger partial charge >= 0.3 is 6.01 Å². The summed E-state index contributed by atoms with van der Waals surface area (Å²) >= 11 is 0. The van der Waals surface area contributed by atoms with E-state index < -0.39 is 17.2 Å². The Hall–Kier alpha value is -4.11. The van der Waals surface area contributed by atoms with Crippen LogP contribution in [0.4, 0.5) is 14.6 Å². The van der Waals surface area contributed by atoms with Crippen LogP contribution < -0.4 is 9.64 Å². The van der Waals surface area contributed by atoms with Crippen LogP contribution in [0.2, 0.25) is 0 Å². The Morgan fingerprint density at radius 1 is 1.08 bits per heavy atom. The maximum absolute atomic E-state index is 17.0. The van der Waals surface area contributed by atoms with Crippen LogP contribution >= 0.6 is 0 Å². The van der Waals surface area contributed by atoms with E-state index in [1.807, 2.05) is 4.90 Å². The van der Waals surface area contributed by atoms with Gasteiger partial charge in [-0.2, -0.15) is 9.97 Å². The number of nitrogens with zero attached hydrogens (tertiary/aromatic N) is 5. The van der Waals surface area contributed by atoms with Crippen LogP contribution in [0.15, 0.2) is 30.5 Å². The number of terminal acetylenes is 1. The minimum Gasteiger partial charge on any atom is -0.508 e. The maximum atomic E-state index is 17.0. The summed E-state index contributed by atoms with van der Waals surface area (Å²) in [4.78, 5) is 18.7. The average Bonchev–Trinajstić information content (AvgIpc) is 3.53. The van der Waals surface area contributed by atoms with E-state index in [0.717, 1.165) is 64.5 Å². The average molecular weight is 698 g/mol. The number of halogens is 2. The Balaban J connectivity index is 1.18. The fraction of sp³-hybridized carbons (Fsp3) is 0.525. The molecule has 0 amide bonds. The molecule has 2 aliphatic carbocycles. The number of ether oxygens (including phenoxy) is 2. The molecule has 4 aromatic rings. The number of anilines is 1. The first kappa shape index (κ1) is 34.0. The lowest BCUT2D eigenvalue weighted by molar-refractivity contribution is -0.0457.